The topological polar surface area (TPSA) is 78.9 Å². The monoisotopic (exact) mass is 907 g/mol. The summed E-state index contributed by atoms with van der Waals surface area (Å²) in [6.45, 7) is 6.49. The van der Waals surface area contributed by atoms with Gasteiger partial charge in [-0.25, -0.2) is 0 Å². The SMILES string of the molecule is CC/C=C\C/C=C\C/C=C\C/C=C\C/C=C\CCCCCCCCCC(=O)OCC(COC(=O)CCCCCCCCCCC)OC(=O)CCCCCCC/C=C\CCCCCCCC. The fraction of sp³-hybridized carbons (Fsp3) is 0.746. The van der Waals surface area contributed by atoms with Gasteiger partial charge in [0, 0.05) is 19.3 Å². The summed E-state index contributed by atoms with van der Waals surface area (Å²) in [5.74, 6) is -0.898. The van der Waals surface area contributed by atoms with Crippen LogP contribution in [0.5, 0.6) is 0 Å². The summed E-state index contributed by atoms with van der Waals surface area (Å²) in [5.41, 5.74) is 0. The predicted octanol–water partition coefficient (Wildman–Crippen LogP) is 18.2. The summed E-state index contributed by atoms with van der Waals surface area (Å²) < 4.78 is 16.8. The second-order valence-corrected chi connectivity index (χ2v) is 18.1. The van der Waals surface area contributed by atoms with Crippen LogP contribution in [0.3, 0.4) is 0 Å². The Bertz CT molecular complexity index is 1230. The molecule has 0 aromatic heterocycles. The molecule has 0 aliphatic carbocycles. The molecule has 0 heterocycles. The fourth-order valence-corrected chi connectivity index (χ4v) is 7.58. The fourth-order valence-electron chi connectivity index (χ4n) is 7.58. The molecular formula is C59H102O6. The molecular weight excluding hydrogens is 805 g/mol. The van der Waals surface area contributed by atoms with E-state index < -0.39 is 6.10 Å². The number of ether oxygens (including phenoxy) is 3. The number of rotatable bonds is 49. The Labute approximate surface area is 402 Å². The number of carbonyl (C=O) groups is 3. The third-order valence-electron chi connectivity index (χ3n) is 11.7. The number of carbonyl (C=O) groups excluding carboxylic acids is 3. The van der Waals surface area contributed by atoms with Crippen molar-refractivity contribution in [1.82, 2.24) is 0 Å². The van der Waals surface area contributed by atoms with E-state index in [2.05, 4.69) is 93.7 Å². The number of hydrogen-bond acceptors (Lipinski definition) is 6. The highest BCUT2D eigenvalue weighted by Crippen LogP contribution is 2.15. The van der Waals surface area contributed by atoms with Gasteiger partial charge in [-0.2, -0.15) is 0 Å². The van der Waals surface area contributed by atoms with Gasteiger partial charge in [0.2, 0.25) is 0 Å². The third-order valence-corrected chi connectivity index (χ3v) is 11.7. The Kier molecular flexibility index (Phi) is 50.9. The Morgan fingerprint density at radius 1 is 0.323 bits per heavy atom. The highest BCUT2D eigenvalue weighted by molar-refractivity contribution is 5.71. The van der Waals surface area contributed by atoms with E-state index in [0.717, 1.165) is 109 Å². The minimum Gasteiger partial charge on any atom is -0.462 e. The summed E-state index contributed by atoms with van der Waals surface area (Å²) in [6.07, 6.45) is 67.5. The summed E-state index contributed by atoms with van der Waals surface area (Å²) >= 11 is 0. The van der Waals surface area contributed by atoms with Crippen molar-refractivity contribution in [2.45, 2.75) is 271 Å². The average Bonchev–Trinajstić information content (AvgIpc) is 3.30. The Morgan fingerprint density at radius 3 is 0.954 bits per heavy atom. The van der Waals surface area contributed by atoms with Crippen LogP contribution in [0.15, 0.2) is 72.9 Å². The Hall–Kier alpha value is -3.15. The second kappa shape index (κ2) is 53.5. The maximum Gasteiger partial charge on any atom is 0.306 e. The normalized spacial score (nSPS) is 12.6. The van der Waals surface area contributed by atoms with Gasteiger partial charge in [-0.05, 0) is 89.9 Å². The first-order valence-corrected chi connectivity index (χ1v) is 27.4. The van der Waals surface area contributed by atoms with E-state index in [0.29, 0.717) is 19.3 Å². The molecule has 374 valence electrons. The highest BCUT2D eigenvalue weighted by atomic mass is 16.6. The first-order valence-electron chi connectivity index (χ1n) is 27.4. The first kappa shape index (κ1) is 61.9. The van der Waals surface area contributed by atoms with Gasteiger partial charge in [-0.15, -0.1) is 0 Å². The molecule has 0 saturated heterocycles. The van der Waals surface area contributed by atoms with Crippen molar-refractivity contribution >= 4 is 17.9 Å². The van der Waals surface area contributed by atoms with Crippen molar-refractivity contribution in [3.05, 3.63) is 72.9 Å². The van der Waals surface area contributed by atoms with Crippen molar-refractivity contribution in [3.8, 4) is 0 Å². The maximum absolute atomic E-state index is 12.8. The van der Waals surface area contributed by atoms with Crippen LogP contribution in [0.4, 0.5) is 0 Å². The lowest BCUT2D eigenvalue weighted by molar-refractivity contribution is -0.167. The Morgan fingerprint density at radius 2 is 0.600 bits per heavy atom. The van der Waals surface area contributed by atoms with Crippen LogP contribution in [-0.2, 0) is 28.6 Å². The molecule has 0 aromatic rings. The molecule has 0 aliphatic rings. The third kappa shape index (κ3) is 51.7. The largest absolute Gasteiger partial charge is 0.462 e. The predicted molar refractivity (Wildman–Crippen MR) is 279 cm³/mol. The van der Waals surface area contributed by atoms with Crippen LogP contribution in [0.1, 0.15) is 265 Å². The lowest BCUT2D eigenvalue weighted by atomic mass is 10.1. The minimum atomic E-state index is -0.781. The van der Waals surface area contributed by atoms with Crippen molar-refractivity contribution in [3.63, 3.8) is 0 Å². The molecule has 0 bridgehead atoms. The van der Waals surface area contributed by atoms with Crippen molar-refractivity contribution < 1.29 is 28.6 Å². The van der Waals surface area contributed by atoms with Crippen molar-refractivity contribution in [2.24, 2.45) is 0 Å². The lowest BCUT2D eigenvalue weighted by Crippen LogP contribution is -2.30. The molecule has 6 nitrogen and oxygen atoms in total. The van der Waals surface area contributed by atoms with E-state index in [9.17, 15) is 14.4 Å². The number of hydrogen-bond donors (Lipinski definition) is 0. The van der Waals surface area contributed by atoms with Crippen molar-refractivity contribution in [2.75, 3.05) is 13.2 Å². The van der Waals surface area contributed by atoms with Gasteiger partial charge in [0.15, 0.2) is 6.10 Å². The van der Waals surface area contributed by atoms with Crippen LogP contribution < -0.4 is 0 Å². The van der Waals surface area contributed by atoms with E-state index in [1.54, 1.807) is 0 Å². The van der Waals surface area contributed by atoms with E-state index in [1.807, 2.05) is 0 Å². The zero-order valence-corrected chi connectivity index (χ0v) is 42.7. The molecule has 0 fully saturated rings. The quantitative estimate of drug-likeness (QED) is 0.0262. The number of esters is 3. The molecule has 0 aliphatic heterocycles. The number of allylic oxidation sites excluding steroid dienone is 12. The van der Waals surface area contributed by atoms with Crippen LogP contribution in [-0.4, -0.2) is 37.2 Å². The van der Waals surface area contributed by atoms with Gasteiger partial charge in [0.05, 0.1) is 0 Å². The Balaban J connectivity index is 4.30. The van der Waals surface area contributed by atoms with E-state index in [-0.39, 0.29) is 31.1 Å². The molecule has 0 radical (unpaired) electrons. The molecule has 0 N–H and O–H groups in total. The van der Waals surface area contributed by atoms with E-state index in [1.165, 1.54) is 116 Å². The maximum atomic E-state index is 12.8. The van der Waals surface area contributed by atoms with Gasteiger partial charge >= 0.3 is 17.9 Å². The standard InChI is InChI=1S/C59H102O6/c1-4-7-10-13-16-19-21-23-25-26-27-28-29-30-31-32-34-35-37-40-43-46-49-52-58(61)64-55-56(54-63-57(60)51-48-45-42-39-18-15-12-9-6-3)65-59(62)53-50-47-44-41-38-36-33-24-22-20-17-14-11-8-5-2/h7,10,16,19,23-25,27-28,30-31,33,56H,4-6,8-9,11-15,17-18,20-22,26,29,32,34-55H2,1-3H3/b10-7-,19-16-,25-23-,28-27-,31-30-,33-24-. The summed E-state index contributed by atoms with van der Waals surface area (Å²) in [7, 11) is 0. The van der Waals surface area contributed by atoms with E-state index >= 15 is 0 Å². The molecule has 0 saturated carbocycles. The highest BCUT2D eigenvalue weighted by Gasteiger charge is 2.19. The summed E-state index contributed by atoms with van der Waals surface area (Å²) in [6, 6.07) is 0. The minimum absolute atomic E-state index is 0.0806. The first-order chi connectivity index (χ1) is 32.0. The molecule has 65 heavy (non-hydrogen) atoms. The van der Waals surface area contributed by atoms with Gasteiger partial charge in [0.25, 0.3) is 0 Å². The molecule has 1 unspecified atom stereocenters. The van der Waals surface area contributed by atoms with Gasteiger partial charge in [-0.3, -0.25) is 14.4 Å². The average molecular weight is 907 g/mol. The molecule has 1 atom stereocenters. The van der Waals surface area contributed by atoms with Crippen LogP contribution >= 0.6 is 0 Å². The smallest absolute Gasteiger partial charge is 0.306 e. The molecule has 0 spiro atoms. The molecule has 0 aromatic carbocycles. The van der Waals surface area contributed by atoms with Gasteiger partial charge < -0.3 is 14.2 Å². The van der Waals surface area contributed by atoms with Crippen LogP contribution in [0, 0.1) is 0 Å². The zero-order valence-electron chi connectivity index (χ0n) is 42.7. The van der Waals surface area contributed by atoms with Crippen LogP contribution in [0.2, 0.25) is 0 Å². The molecule has 6 heteroatoms. The van der Waals surface area contributed by atoms with Gasteiger partial charge in [-0.1, -0.05) is 229 Å². The zero-order chi connectivity index (χ0) is 47.2. The van der Waals surface area contributed by atoms with Crippen molar-refractivity contribution in [1.29, 1.82) is 0 Å². The molecule has 0 amide bonds. The lowest BCUT2D eigenvalue weighted by Gasteiger charge is -2.18. The number of unbranched alkanes of at least 4 members (excludes halogenated alkanes) is 26. The van der Waals surface area contributed by atoms with Gasteiger partial charge in [0.1, 0.15) is 13.2 Å². The second-order valence-electron chi connectivity index (χ2n) is 18.1. The van der Waals surface area contributed by atoms with Crippen LogP contribution in [0.25, 0.3) is 0 Å². The summed E-state index contributed by atoms with van der Waals surface area (Å²) in [4.78, 5) is 38.0. The van der Waals surface area contributed by atoms with E-state index in [4.69, 9.17) is 14.2 Å². The summed E-state index contributed by atoms with van der Waals surface area (Å²) in [5, 5.41) is 0. The molecule has 0 rings (SSSR count).